The van der Waals surface area contributed by atoms with Crippen LogP contribution in [0.25, 0.3) is 21.9 Å². The number of aromatic hydroxyl groups is 3. The molecule has 2 fully saturated rings. The van der Waals surface area contributed by atoms with Gasteiger partial charge in [-0.05, 0) is 6.07 Å². The molecule has 9 atom stereocenters. The van der Waals surface area contributed by atoms with Crippen molar-refractivity contribution in [2.75, 3.05) is 20.3 Å². The largest absolute Gasteiger partial charge is 0.507 e. The van der Waals surface area contributed by atoms with Crippen molar-refractivity contribution in [3.05, 3.63) is 34.0 Å². The molecule has 0 radical (unpaired) electrons. The predicted octanol–water partition coefficient (Wildman–Crippen LogP) is -1.95. The molecule has 3 aromatic rings. The maximum atomic E-state index is 13.3. The van der Waals surface area contributed by atoms with Crippen molar-refractivity contribution in [3.63, 3.8) is 0 Å². The van der Waals surface area contributed by atoms with E-state index < -0.39 is 89.6 Å². The van der Waals surface area contributed by atoms with Gasteiger partial charge in [0.05, 0.1) is 31.3 Å². The molecule has 0 amide bonds. The molecule has 0 unspecified atom stereocenters. The van der Waals surface area contributed by atoms with Crippen LogP contribution in [-0.4, -0.2) is 115 Å². The fourth-order valence-electron chi connectivity index (χ4n) is 4.90. The van der Waals surface area contributed by atoms with Gasteiger partial charge in [0.15, 0.2) is 17.8 Å². The molecule has 2 saturated heterocycles. The van der Waals surface area contributed by atoms with Gasteiger partial charge in [-0.3, -0.25) is 4.79 Å². The van der Waals surface area contributed by atoms with Crippen molar-refractivity contribution in [1.82, 2.24) is 0 Å². The van der Waals surface area contributed by atoms with Crippen LogP contribution in [0.2, 0.25) is 0 Å². The van der Waals surface area contributed by atoms with Crippen molar-refractivity contribution in [1.29, 1.82) is 0 Å². The standard InChI is InChI=1S/C25H28O15/c1-36-12-2-7-11(3-8(12)26)39-13-4-9(27)15(20(32)16(13)17(7)29)24-22(34)21(33)19(31)14(40-24)6-38-25-23(35)18(30)10(28)5-37-25/h2-4,10,14,18-19,21-28,30-35H,5-6H2,1H3/t10-,14-,18-,19-,21+,22-,23+,24+,25+/m1/s1. The zero-order chi connectivity index (χ0) is 29.0. The summed E-state index contributed by atoms with van der Waals surface area (Å²) < 4.78 is 26.8. The minimum absolute atomic E-state index is 0.0438. The Balaban J connectivity index is 1.50. The molecule has 15 nitrogen and oxygen atoms in total. The van der Waals surface area contributed by atoms with Crippen LogP contribution in [0.4, 0.5) is 0 Å². The number of methoxy groups -OCH3 is 1. The molecule has 5 rings (SSSR count). The number of fused-ring (bicyclic) bond motifs is 2. The van der Waals surface area contributed by atoms with Crippen molar-refractivity contribution in [2.24, 2.45) is 0 Å². The lowest BCUT2D eigenvalue weighted by atomic mass is 9.89. The van der Waals surface area contributed by atoms with Gasteiger partial charge in [-0.25, -0.2) is 0 Å². The van der Waals surface area contributed by atoms with E-state index in [0.29, 0.717) is 0 Å². The predicted molar refractivity (Wildman–Crippen MR) is 131 cm³/mol. The van der Waals surface area contributed by atoms with E-state index in [2.05, 4.69) is 0 Å². The van der Waals surface area contributed by atoms with Crippen molar-refractivity contribution >= 4 is 21.9 Å². The summed E-state index contributed by atoms with van der Waals surface area (Å²) in [5.41, 5.74) is -1.61. The van der Waals surface area contributed by atoms with Crippen LogP contribution in [0, 0.1) is 0 Å². The second kappa shape index (κ2) is 10.6. The number of ether oxygens (including phenoxy) is 4. The van der Waals surface area contributed by atoms with E-state index >= 15 is 0 Å². The second-order valence-corrected chi connectivity index (χ2v) is 9.63. The molecule has 0 spiro atoms. The normalized spacial score (nSPS) is 32.9. The van der Waals surface area contributed by atoms with Gasteiger partial charge < -0.3 is 69.3 Å². The minimum atomic E-state index is -1.90. The summed E-state index contributed by atoms with van der Waals surface area (Å²) >= 11 is 0. The van der Waals surface area contributed by atoms with Crippen LogP contribution in [-0.2, 0) is 14.2 Å². The number of hydrogen-bond acceptors (Lipinski definition) is 15. The molecule has 2 aliphatic rings. The Morgan fingerprint density at radius 3 is 2.27 bits per heavy atom. The Kier molecular flexibility index (Phi) is 7.51. The molecule has 1 aromatic heterocycles. The summed E-state index contributed by atoms with van der Waals surface area (Å²) in [5, 5.41) is 92.6. The Morgan fingerprint density at radius 1 is 0.875 bits per heavy atom. The number of rotatable bonds is 5. The number of phenolic OH excluding ortho intramolecular Hbond substituents is 3. The SMILES string of the molecule is COc1cc2c(=O)c3c(O)c([C@@H]4O[C@H](CO[C@@H]5OC[C@@H](O)[C@@H](O)[C@@H]5O)[C@@H](O)[C@H](O)[C@H]4O)c(O)cc3oc2cc1O. The molecule has 0 bridgehead atoms. The first kappa shape index (κ1) is 28.3. The van der Waals surface area contributed by atoms with Gasteiger partial charge >= 0.3 is 0 Å². The number of hydrogen-bond donors (Lipinski definition) is 9. The highest BCUT2D eigenvalue weighted by Gasteiger charge is 2.47. The lowest BCUT2D eigenvalue weighted by Crippen LogP contribution is -2.57. The maximum Gasteiger partial charge on any atom is 0.204 e. The summed E-state index contributed by atoms with van der Waals surface area (Å²) in [4.78, 5) is 13.3. The van der Waals surface area contributed by atoms with Crippen LogP contribution in [0.15, 0.2) is 27.4 Å². The Morgan fingerprint density at radius 2 is 1.57 bits per heavy atom. The smallest absolute Gasteiger partial charge is 0.204 e. The van der Waals surface area contributed by atoms with Gasteiger partial charge in [-0.15, -0.1) is 0 Å². The van der Waals surface area contributed by atoms with Gasteiger partial charge in [-0.2, -0.15) is 0 Å². The van der Waals surface area contributed by atoms with E-state index in [0.717, 1.165) is 12.1 Å². The molecule has 0 aliphatic carbocycles. The summed E-state index contributed by atoms with van der Waals surface area (Å²) in [6, 6.07) is 3.30. The van der Waals surface area contributed by atoms with E-state index in [1.807, 2.05) is 0 Å². The lowest BCUT2D eigenvalue weighted by molar-refractivity contribution is -0.292. The fourth-order valence-corrected chi connectivity index (χ4v) is 4.90. The first-order valence-electron chi connectivity index (χ1n) is 12.1. The zero-order valence-electron chi connectivity index (χ0n) is 20.8. The number of aliphatic hydroxyl groups is 6. The van der Waals surface area contributed by atoms with Crippen LogP contribution < -0.4 is 10.2 Å². The third-order valence-corrected chi connectivity index (χ3v) is 7.13. The molecular formula is C25H28O15. The van der Waals surface area contributed by atoms with E-state index in [1.165, 1.54) is 13.2 Å². The van der Waals surface area contributed by atoms with Gasteiger partial charge in [0, 0.05) is 12.1 Å². The van der Waals surface area contributed by atoms with E-state index in [-0.39, 0.29) is 34.7 Å². The van der Waals surface area contributed by atoms with Crippen LogP contribution >= 0.6 is 0 Å². The molecule has 2 aliphatic heterocycles. The lowest BCUT2D eigenvalue weighted by Gasteiger charge is -2.42. The first-order valence-corrected chi connectivity index (χ1v) is 12.1. The molecule has 9 N–H and O–H groups in total. The number of phenols is 3. The first-order chi connectivity index (χ1) is 18.9. The third kappa shape index (κ3) is 4.60. The molecule has 2 aromatic carbocycles. The summed E-state index contributed by atoms with van der Waals surface area (Å²) in [6.07, 6.45) is -14.7. The van der Waals surface area contributed by atoms with E-state index in [4.69, 9.17) is 23.4 Å². The Hall–Kier alpha value is -3.25. The van der Waals surface area contributed by atoms with Crippen LogP contribution in [0.3, 0.4) is 0 Å². The van der Waals surface area contributed by atoms with Gasteiger partial charge in [0.25, 0.3) is 0 Å². The molecule has 218 valence electrons. The average molecular weight is 568 g/mol. The third-order valence-electron chi connectivity index (χ3n) is 7.13. The van der Waals surface area contributed by atoms with Crippen molar-refractivity contribution in [2.45, 2.75) is 55.1 Å². The summed E-state index contributed by atoms with van der Waals surface area (Å²) in [7, 11) is 1.27. The van der Waals surface area contributed by atoms with Crippen LogP contribution in [0.1, 0.15) is 11.7 Å². The molecule has 0 saturated carbocycles. The molecule has 15 heteroatoms. The highest BCUT2D eigenvalue weighted by molar-refractivity contribution is 5.96. The van der Waals surface area contributed by atoms with Crippen molar-refractivity contribution in [3.8, 4) is 23.0 Å². The quantitative estimate of drug-likeness (QED) is 0.152. The zero-order valence-corrected chi connectivity index (χ0v) is 20.8. The highest BCUT2D eigenvalue weighted by Crippen LogP contribution is 2.45. The van der Waals surface area contributed by atoms with E-state index in [1.54, 1.807) is 0 Å². The minimum Gasteiger partial charge on any atom is -0.507 e. The summed E-state index contributed by atoms with van der Waals surface area (Å²) in [6.45, 7) is -0.931. The number of benzene rings is 2. The fraction of sp³-hybridized carbons (Fsp3) is 0.480. The monoisotopic (exact) mass is 568 g/mol. The van der Waals surface area contributed by atoms with Crippen LogP contribution in [0.5, 0.6) is 23.0 Å². The van der Waals surface area contributed by atoms with E-state index in [9.17, 15) is 50.8 Å². The Bertz CT molecular complexity index is 1470. The Labute approximate surface area is 224 Å². The molecular weight excluding hydrogens is 540 g/mol. The maximum absolute atomic E-state index is 13.3. The topological polar surface area (TPSA) is 249 Å². The average Bonchev–Trinajstić information content (AvgIpc) is 2.91. The number of aliphatic hydroxyl groups excluding tert-OH is 6. The second-order valence-electron chi connectivity index (χ2n) is 9.63. The molecule has 3 heterocycles. The highest BCUT2D eigenvalue weighted by atomic mass is 16.7. The summed E-state index contributed by atoms with van der Waals surface area (Å²) in [5.74, 6) is -1.90. The van der Waals surface area contributed by atoms with Crippen molar-refractivity contribution < 1.29 is 69.3 Å². The van der Waals surface area contributed by atoms with Gasteiger partial charge in [-0.1, -0.05) is 0 Å². The molecule has 40 heavy (non-hydrogen) atoms. The van der Waals surface area contributed by atoms with Gasteiger partial charge in [0.2, 0.25) is 5.43 Å². The van der Waals surface area contributed by atoms with Gasteiger partial charge in [0.1, 0.15) is 76.9 Å².